The van der Waals surface area contributed by atoms with Crippen LogP contribution in [0.15, 0.2) is 42.5 Å². The second-order valence-corrected chi connectivity index (χ2v) is 6.15. The lowest BCUT2D eigenvalue weighted by Gasteiger charge is -2.13. The van der Waals surface area contributed by atoms with Crippen LogP contribution in [-0.4, -0.2) is 35.8 Å². The summed E-state index contributed by atoms with van der Waals surface area (Å²) in [5.41, 5.74) is 0.505. The minimum atomic E-state index is -0.839. The maximum absolute atomic E-state index is 13.6. The summed E-state index contributed by atoms with van der Waals surface area (Å²) in [4.78, 5) is 37.5. The van der Waals surface area contributed by atoms with Crippen molar-refractivity contribution in [2.75, 3.05) is 13.2 Å². The van der Waals surface area contributed by atoms with Gasteiger partial charge in [0.2, 0.25) is 0 Å². The van der Waals surface area contributed by atoms with Crippen LogP contribution in [0.5, 0.6) is 0 Å². The normalized spacial score (nSPS) is 13.1. The first-order chi connectivity index (χ1) is 12.5. The van der Waals surface area contributed by atoms with Gasteiger partial charge >= 0.3 is 5.97 Å². The molecule has 0 aromatic heterocycles. The van der Waals surface area contributed by atoms with E-state index in [1.54, 1.807) is 24.3 Å². The number of carbonyl (C=O) groups is 3. The molecule has 1 aliphatic heterocycles. The van der Waals surface area contributed by atoms with Crippen LogP contribution in [0.25, 0.3) is 0 Å². The predicted molar refractivity (Wildman–Crippen MR) is 92.7 cm³/mol. The highest BCUT2D eigenvalue weighted by Gasteiger charge is 2.34. The van der Waals surface area contributed by atoms with Gasteiger partial charge in [-0.15, -0.1) is 0 Å². The average molecular weight is 376 g/mol. The minimum absolute atomic E-state index is 0.0129. The molecule has 134 valence electrons. The molecule has 0 bridgehead atoms. The minimum Gasteiger partial charge on any atom is -0.462 e. The fourth-order valence-electron chi connectivity index (χ4n) is 2.74. The first kappa shape index (κ1) is 18.1. The van der Waals surface area contributed by atoms with Crippen molar-refractivity contribution in [3.8, 4) is 0 Å². The highest BCUT2D eigenvalue weighted by atomic mass is 35.5. The number of rotatable bonds is 6. The number of esters is 1. The Labute approximate surface area is 154 Å². The second kappa shape index (κ2) is 7.66. The molecule has 2 amide bonds. The number of halogens is 2. The Balaban J connectivity index is 1.48. The number of hydrogen-bond acceptors (Lipinski definition) is 4. The van der Waals surface area contributed by atoms with Crippen molar-refractivity contribution >= 4 is 29.4 Å². The van der Waals surface area contributed by atoms with E-state index in [0.29, 0.717) is 24.0 Å². The van der Waals surface area contributed by atoms with Crippen molar-refractivity contribution in [1.29, 1.82) is 0 Å². The largest absolute Gasteiger partial charge is 0.462 e. The van der Waals surface area contributed by atoms with Crippen LogP contribution < -0.4 is 0 Å². The molecule has 0 unspecified atom stereocenters. The van der Waals surface area contributed by atoms with Crippen molar-refractivity contribution in [1.82, 2.24) is 4.90 Å². The van der Waals surface area contributed by atoms with E-state index in [9.17, 15) is 18.8 Å². The molecule has 0 N–H and O–H groups in total. The number of amides is 2. The zero-order valence-electron chi connectivity index (χ0n) is 13.7. The summed E-state index contributed by atoms with van der Waals surface area (Å²) in [5.74, 6) is -2.22. The number of benzene rings is 2. The van der Waals surface area contributed by atoms with Crippen LogP contribution in [0.3, 0.4) is 0 Å². The molecule has 3 rings (SSSR count). The van der Waals surface area contributed by atoms with Crippen LogP contribution in [0, 0.1) is 5.82 Å². The molecule has 5 nitrogen and oxygen atoms in total. The van der Waals surface area contributed by atoms with Gasteiger partial charge in [-0.2, -0.15) is 0 Å². The van der Waals surface area contributed by atoms with Gasteiger partial charge in [0.25, 0.3) is 11.8 Å². The third-order valence-corrected chi connectivity index (χ3v) is 4.37. The highest BCUT2D eigenvalue weighted by Crippen LogP contribution is 2.23. The number of hydrogen-bond donors (Lipinski definition) is 0. The topological polar surface area (TPSA) is 63.7 Å². The number of fused-ring (bicyclic) bond motifs is 1. The molecule has 0 radical (unpaired) electrons. The average Bonchev–Trinajstić information content (AvgIpc) is 2.86. The van der Waals surface area contributed by atoms with Gasteiger partial charge in [-0.3, -0.25) is 14.5 Å². The zero-order chi connectivity index (χ0) is 18.7. The quantitative estimate of drug-likeness (QED) is 0.438. The summed E-state index contributed by atoms with van der Waals surface area (Å²) >= 11 is 5.80. The van der Waals surface area contributed by atoms with Crippen LogP contribution in [-0.2, 0) is 4.74 Å². The lowest BCUT2D eigenvalue weighted by molar-refractivity contribution is 0.0480. The molecule has 1 aliphatic rings. The van der Waals surface area contributed by atoms with Crippen LogP contribution in [0.1, 0.15) is 43.9 Å². The van der Waals surface area contributed by atoms with Crippen LogP contribution >= 0.6 is 11.6 Å². The Kier molecular flexibility index (Phi) is 5.32. The fraction of sp³-hybridized carbons (Fsp3) is 0.211. The van der Waals surface area contributed by atoms with Crippen LogP contribution in [0.2, 0.25) is 5.02 Å². The third kappa shape index (κ3) is 3.46. The molecule has 0 fully saturated rings. The summed E-state index contributed by atoms with van der Waals surface area (Å²) in [5, 5.41) is -0.0129. The lowest BCUT2D eigenvalue weighted by atomic mass is 10.1. The smallest absolute Gasteiger partial charge is 0.342 e. The Morgan fingerprint density at radius 3 is 2.27 bits per heavy atom. The number of carbonyl (C=O) groups excluding carboxylic acids is 3. The fourth-order valence-corrected chi connectivity index (χ4v) is 2.98. The summed E-state index contributed by atoms with van der Waals surface area (Å²) in [6, 6.07) is 10.6. The molecular weight excluding hydrogens is 361 g/mol. The molecule has 0 saturated carbocycles. The molecule has 26 heavy (non-hydrogen) atoms. The number of imide groups is 1. The van der Waals surface area contributed by atoms with E-state index in [-0.39, 0.29) is 35.6 Å². The molecule has 0 aliphatic carbocycles. The number of nitrogens with zero attached hydrogens (tertiary/aromatic N) is 1. The van der Waals surface area contributed by atoms with E-state index < -0.39 is 11.8 Å². The first-order valence-electron chi connectivity index (χ1n) is 8.07. The van der Waals surface area contributed by atoms with E-state index >= 15 is 0 Å². The second-order valence-electron chi connectivity index (χ2n) is 5.75. The summed E-state index contributed by atoms with van der Waals surface area (Å²) in [7, 11) is 0. The van der Waals surface area contributed by atoms with Crippen molar-refractivity contribution in [3.05, 3.63) is 70.0 Å². The van der Waals surface area contributed by atoms with Gasteiger partial charge in [0.1, 0.15) is 11.4 Å². The van der Waals surface area contributed by atoms with Gasteiger partial charge in [-0.1, -0.05) is 29.8 Å². The van der Waals surface area contributed by atoms with E-state index in [2.05, 4.69) is 0 Å². The maximum Gasteiger partial charge on any atom is 0.342 e. The number of unbranched alkanes of at least 4 members (excludes halogenated alkanes) is 1. The lowest BCUT2D eigenvalue weighted by Crippen LogP contribution is -2.30. The first-order valence-corrected chi connectivity index (χ1v) is 8.45. The molecule has 7 heteroatoms. The van der Waals surface area contributed by atoms with Crippen molar-refractivity contribution < 1.29 is 23.5 Å². The number of ether oxygens (including phenoxy) is 1. The summed E-state index contributed by atoms with van der Waals surface area (Å²) < 4.78 is 18.6. The SMILES string of the molecule is O=C(OCCCCN1C(=O)c2ccccc2C1=O)c1c(F)cccc1Cl. The van der Waals surface area contributed by atoms with Crippen LogP contribution in [0.4, 0.5) is 4.39 Å². The summed E-state index contributed by atoms with van der Waals surface area (Å²) in [6.07, 6.45) is 0.884. The highest BCUT2D eigenvalue weighted by molar-refractivity contribution is 6.33. The molecule has 0 spiro atoms. The van der Waals surface area contributed by atoms with E-state index in [1.165, 1.54) is 17.0 Å². The monoisotopic (exact) mass is 375 g/mol. The van der Waals surface area contributed by atoms with E-state index in [0.717, 1.165) is 6.07 Å². The molecule has 1 heterocycles. The maximum atomic E-state index is 13.6. The Morgan fingerprint density at radius 1 is 1.00 bits per heavy atom. The van der Waals surface area contributed by atoms with Gasteiger partial charge < -0.3 is 4.74 Å². The Bertz CT molecular complexity index is 828. The van der Waals surface area contributed by atoms with Gasteiger partial charge in [0.15, 0.2) is 0 Å². The van der Waals surface area contributed by atoms with Crippen molar-refractivity contribution in [2.24, 2.45) is 0 Å². The van der Waals surface area contributed by atoms with Gasteiger partial charge in [0, 0.05) is 6.54 Å². The standard InChI is InChI=1S/C19H15ClFNO4/c20-14-8-5-9-15(21)16(14)19(25)26-11-4-3-10-22-17(23)12-6-1-2-7-13(12)18(22)24/h1-2,5-9H,3-4,10-11H2. The van der Waals surface area contributed by atoms with Gasteiger partial charge in [-0.25, -0.2) is 9.18 Å². The zero-order valence-corrected chi connectivity index (χ0v) is 14.5. The predicted octanol–water partition coefficient (Wildman–Crippen LogP) is 3.71. The molecule has 2 aromatic carbocycles. The van der Waals surface area contributed by atoms with Crippen molar-refractivity contribution in [3.63, 3.8) is 0 Å². The summed E-state index contributed by atoms with van der Waals surface area (Å²) in [6.45, 7) is 0.261. The van der Waals surface area contributed by atoms with Gasteiger partial charge in [-0.05, 0) is 37.1 Å². The molecule has 0 saturated heterocycles. The molecular formula is C19H15ClFNO4. The third-order valence-electron chi connectivity index (χ3n) is 4.05. The molecule has 2 aromatic rings. The van der Waals surface area contributed by atoms with Gasteiger partial charge in [0.05, 0.1) is 22.8 Å². The Hall–Kier alpha value is -2.73. The van der Waals surface area contributed by atoms with E-state index in [1.807, 2.05) is 0 Å². The Morgan fingerprint density at radius 2 is 1.65 bits per heavy atom. The van der Waals surface area contributed by atoms with Crippen molar-refractivity contribution in [2.45, 2.75) is 12.8 Å². The molecule has 0 atom stereocenters. The van der Waals surface area contributed by atoms with E-state index in [4.69, 9.17) is 16.3 Å².